The molecule has 0 unspecified atom stereocenters. The van der Waals surface area contributed by atoms with E-state index in [1.165, 1.54) is 13.2 Å². The summed E-state index contributed by atoms with van der Waals surface area (Å²) < 4.78 is 42.6. The summed E-state index contributed by atoms with van der Waals surface area (Å²) in [5.74, 6) is 0.196. The Bertz CT molecular complexity index is 371. The smallest absolute Gasteiger partial charge is 0.418 e. The van der Waals surface area contributed by atoms with Crippen LogP contribution in [-0.4, -0.2) is 12.1 Å². The van der Waals surface area contributed by atoms with Crippen molar-refractivity contribution in [2.45, 2.75) is 24.9 Å². The van der Waals surface area contributed by atoms with Crippen LogP contribution in [0.3, 0.4) is 0 Å². The van der Waals surface area contributed by atoms with Crippen LogP contribution in [0.25, 0.3) is 0 Å². The zero-order chi connectivity index (χ0) is 11.1. The Morgan fingerprint density at radius 2 is 2.00 bits per heavy atom. The number of rotatable bonds is 2. The lowest BCUT2D eigenvalue weighted by Crippen LogP contribution is -2.10. The molecule has 1 aliphatic carbocycles. The zero-order valence-electron chi connectivity index (χ0n) is 8.14. The van der Waals surface area contributed by atoms with Crippen molar-refractivity contribution in [1.82, 2.24) is 4.98 Å². The minimum absolute atomic E-state index is 0.0447. The quantitative estimate of drug-likeness (QED) is 0.759. The van der Waals surface area contributed by atoms with E-state index in [2.05, 4.69) is 4.98 Å². The topological polar surface area (TPSA) is 22.1 Å². The van der Waals surface area contributed by atoms with Crippen LogP contribution >= 0.6 is 0 Å². The number of nitrogens with zero attached hydrogens (tertiary/aromatic N) is 1. The van der Waals surface area contributed by atoms with Crippen molar-refractivity contribution in [3.05, 3.63) is 23.4 Å². The van der Waals surface area contributed by atoms with Crippen LogP contribution in [0.4, 0.5) is 13.2 Å². The van der Waals surface area contributed by atoms with E-state index < -0.39 is 11.7 Å². The van der Waals surface area contributed by atoms with Gasteiger partial charge < -0.3 is 4.74 Å². The molecular weight excluding hydrogens is 207 g/mol. The first-order chi connectivity index (χ1) is 7.02. The molecule has 0 N–H and O–H groups in total. The van der Waals surface area contributed by atoms with E-state index in [-0.39, 0.29) is 17.5 Å². The number of hydrogen-bond donors (Lipinski definition) is 0. The van der Waals surface area contributed by atoms with Gasteiger partial charge in [-0.05, 0) is 18.9 Å². The number of ether oxygens (including phenoxy) is 1. The van der Waals surface area contributed by atoms with Crippen molar-refractivity contribution >= 4 is 0 Å². The van der Waals surface area contributed by atoms with Crippen molar-refractivity contribution in [3.63, 3.8) is 0 Å². The molecule has 2 rings (SSSR count). The molecule has 1 saturated carbocycles. The Hall–Kier alpha value is -1.26. The summed E-state index contributed by atoms with van der Waals surface area (Å²) in [6, 6.07) is 2.29. The summed E-state index contributed by atoms with van der Waals surface area (Å²) in [6.45, 7) is 0. The zero-order valence-corrected chi connectivity index (χ0v) is 8.14. The Morgan fingerprint density at radius 1 is 1.33 bits per heavy atom. The molecular formula is C10H10F3NO. The molecule has 0 radical (unpaired) electrons. The SMILES string of the molecule is COc1ccc(C(F)(F)F)c(C2CC2)n1. The van der Waals surface area contributed by atoms with Gasteiger partial charge in [0.25, 0.3) is 0 Å². The van der Waals surface area contributed by atoms with Gasteiger partial charge in [0.2, 0.25) is 5.88 Å². The molecule has 1 aliphatic rings. The lowest BCUT2D eigenvalue weighted by Gasteiger charge is -2.12. The van der Waals surface area contributed by atoms with Gasteiger partial charge >= 0.3 is 6.18 Å². The van der Waals surface area contributed by atoms with Crippen LogP contribution in [0.5, 0.6) is 5.88 Å². The normalized spacial score (nSPS) is 16.5. The first kappa shape index (κ1) is 10.3. The summed E-state index contributed by atoms with van der Waals surface area (Å²) in [4.78, 5) is 3.88. The lowest BCUT2D eigenvalue weighted by atomic mass is 10.1. The van der Waals surface area contributed by atoms with Gasteiger partial charge in [0.1, 0.15) is 0 Å². The van der Waals surface area contributed by atoms with Gasteiger partial charge in [-0.2, -0.15) is 13.2 Å². The van der Waals surface area contributed by atoms with Crippen LogP contribution in [0.1, 0.15) is 30.0 Å². The molecule has 2 nitrogen and oxygen atoms in total. The number of methoxy groups -OCH3 is 1. The van der Waals surface area contributed by atoms with Gasteiger partial charge in [-0.15, -0.1) is 0 Å². The van der Waals surface area contributed by atoms with Crippen molar-refractivity contribution in [3.8, 4) is 5.88 Å². The van der Waals surface area contributed by atoms with Gasteiger partial charge in [0.05, 0.1) is 18.4 Å². The van der Waals surface area contributed by atoms with Crippen LogP contribution in [0.2, 0.25) is 0 Å². The first-order valence-electron chi connectivity index (χ1n) is 4.64. The Balaban J connectivity index is 2.45. The fourth-order valence-corrected chi connectivity index (χ4v) is 1.48. The summed E-state index contributed by atoms with van der Waals surface area (Å²) in [7, 11) is 1.40. The van der Waals surface area contributed by atoms with E-state index in [1.54, 1.807) is 0 Å². The van der Waals surface area contributed by atoms with Crippen LogP contribution in [-0.2, 0) is 6.18 Å². The number of aromatic nitrogens is 1. The molecule has 0 spiro atoms. The van der Waals surface area contributed by atoms with Crippen molar-refractivity contribution in [2.24, 2.45) is 0 Å². The molecule has 0 aromatic carbocycles. The van der Waals surface area contributed by atoms with Crippen molar-refractivity contribution in [1.29, 1.82) is 0 Å². The summed E-state index contributed by atoms with van der Waals surface area (Å²) in [5.41, 5.74) is -0.507. The lowest BCUT2D eigenvalue weighted by molar-refractivity contribution is -0.138. The molecule has 15 heavy (non-hydrogen) atoms. The minimum atomic E-state index is -4.32. The van der Waals surface area contributed by atoms with E-state index in [1.807, 2.05) is 0 Å². The molecule has 82 valence electrons. The predicted octanol–water partition coefficient (Wildman–Crippen LogP) is 2.99. The fourth-order valence-electron chi connectivity index (χ4n) is 1.48. The van der Waals surface area contributed by atoms with Crippen LogP contribution in [0.15, 0.2) is 12.1 Å². The maximum atomic E-state index is 12.6. The van der Waals surface area contributed by atoms with Gasteiger partial charge in [-0.1, -0.05) is 0 Å². The third kappa shape index (κ3) is 2.06. The third-order valence-corrected chi connectivity index (χ3v) is 2.38. The molecule has 0 bridgehead atoms. The number of pyridine rings is 1. The summed E-state index contributed by atoms with van der Waals surface area (Å²) in [5, 5.41) is 0. The molecule has 1 aromatic heterocycles. The second kappa shape index (κ2) is 3.40. The van der Waals surface area contributed by atoms with Gasteiger partial charge in [0.15, 0.2) is 0 Å². The fraction of sp³-hybridized carbons (Fsp3) is 0.500. The minimum Gasteiger partial charge on any atom is -0.481 e. The molecule has 5 heteroatoms. The first-order valence-corrected chi connectivity index (χ1v) is 4.64. The van der Waals surface area contributed by atoms with E-state index >= 15 is 0 Å². The van der Waals surface area contributed by atoms with Crippen molar-refractivity contribution < 1.29 is 17.9 Å². The van der Waals surface area contributed by atoms with Gasteiger partial charge in [-0.3, -0.25) is 0 Å². The average molecular weight is 217 g/mol. The van der Waals surface area contributed by atoms with E-state index in [9.17, 15) is 13.2 Å². The highest BCUT2D eigenvalue weighted by Gasteiger charge is 2.39. The largest absolute Gasteiger partial charge is 0.481 e. The molecule has 1 aromatic rings. The molecule has 0 atom stereocenters. The van der Waals surface area contributed by atoms with Crippen LogP contribution in [0, 0.1) is 0 Å². The molecule has 1 heterocycles. The Morgan fingerprint density at radius 3 is 2.47 bits per heavy atom. The van der Waals surface area contributed by atoms with Crippen LogP contribution < -0.4 is 4.74 Å². The highest BCUT2D eigenvalue weighted by molar-refractivity contribution is 5.32. The number of halogens is 3. The maximum Gasteiger partial charge on any atom is 0.418 e. The third-order valence-electron chi connectivity index (χ3n) is 2.38. The second-order valence-corrected chi connectivity index (χ2v) is 3.56. The Labute approximate surface area is 85.1 Å². The van der Waals surface area contributed by atoms with Gasteiger partial charge in [0, 0.05) is 12.0 Å². The maximum absolute atomic E-state index is 12.6. The Kier molecular flexibility index (Phi) is 2.32. The molecule has 0 saturated heterocycles. The van der Waals surface area contributed by atoms with E-state index in [0.29, 0.717) is 0 Å². The monoisotopic (exact) mass is 217 g/mol. The summed E-state index contributed by atoms with van der Waals surface area (Å²) >= 11 is 0. The highest BCUT2D eigenvalue weighted by atomic mass is 19.4. The predicted molar refractivity (Wildman–Crippen MR) is 47.8 cm³/mol. The molecule has 1 fully saturated rings. The molecule has 0 aliphatic heterocycles. The summed E-state index contributed by atoms with van der Waals surface area (Å²) in [6.07, 6.45) is -2.76. The highest BCUT2D eigenvalue weighted by Crippen LogP contribution is 2.45. The van der Waals surface area contributed by atoms with E-state index in [0.717, 1.165) is 18.9 Å². The van der Waals surface area contributed by atoms with Gasteiger partial charge in [-0.25, -0.2) is 4.98 Å². The van der Waals surface area contributed by atoms with E-state index in [4.69, 9.17) is 4.74 Å². The molecule has 0 amide bonds. The second-order valence-electron chi connectivity index (χ2n) is 3.56. The van der Waals surface area contributed by atoms with Crippen molar-refractivity contribution in [2.75, 3.05) is 7.11 Å². The number of alkyl halides is 3. The average Bonchev–Trinajstić information content (AvgIpc) is 2.98. The number of hydrogen-bond acceptors (Lipinski definition) is 2. The standard InChI is InChI=1S/C10H10F3NO/c1-15-8-5-4-7(10(11,12)13)9(14-8)6-2-3-6/h4-6H,2-3H2,1H3.